The highest BCUT2D eigenvalue weighted by Crippen LogP contribution is 2.44. The Morgan fingerprint density at radius 2 is 1.84 bits per heavy atom. The summed E-state index contributed by atoms with van der Waals surface area (Å²) in [6.45, 7) is 0.854. The first-order chi connectivity index (χ1) is 12.3. The fourth-order valence-electron chi connectivity index (χ4n) is 3.59. The lowest BCUT2D eigenvalue weighted by Crippen LogP contribution is -2.03. The fourth-order valence-corrected chi connectivity index (χ4v) is 3.59. The van der Waals surface area contributed by atoms with Gasteiger partial charge in [0.2, 0.25) is 0 Å². The SMILES string of the molecule is Cn1cnc2ccc(Cn3cnc(-c4ccccc4)c3C3CC3)cc21. The lowest BCUT2D eigenvalue weighted by Gasteiger charge is -2.10. The number of hydrogen-bond donors (Lipinski definition) is 0. The molecule has 124 valence electrons. The van der Waals surface area contributed by atoms with Crippen LogP contribution in [-0.2, 0) is 13.6 Å². The predicted octanol–water partition coefficient (Wildman–Crippen LogP) is 4.36. The van der Waals surface area contributed by atoms with E-state index in [1.807, 2.05) is 19.7 Å². The summed E-state index contributed by atoms with van der Waals surface area (Å²) < 4.78 is 4.40. The second-order valence-electron chi connectivity index (χ2n) is 6.93. The zero-order valence-electron chi connectivity index (χ0n) is 14.3. The molecule has 5 rings (SSSR count). The van der Waals surface area contributed by atoms with Gasteiger partial charge in [-0.3, -0.25) is 0 Å². The minimum absolute atomic E-state index is 0.651. The van der Waals surface area contributed by atoms with Gasteiger partial charge in [0, 0.05) is 30.8 Å². The summed E-state index contributed by atoms with van der Waals surface area (Å²) in [7, 11) is 2.04. The summed E-state index contributed by atoms with van der Waals surface area (Å²) in [6, 6.07) is 17.1. The second kappa shape index (κ2) is 5.59. The lowest BCUT2D eigenvalue weighted by atomic mass is 10.1. The van der Waals surface area contributed by atoms with E-state index in [0.717, 1.165) is 17.8 Å². The van der Waals surface area contributed by atoms with E-state index in [0.29, 0.717) is 5.92 Å². The van der Waals surface area contributed by atoms with Crippen LogP contribution in [0.5, 0.6) is 0 Å². The molecule has 0 bridgehead atoms. The molecule has 0 amide bonds. The van der Waals surface area contributed by atoms with Crippen molar-refractivity contribution in [2.75, 3.05) is 0 Å². The number of aromatic nitrogens is 4. The van der Waals surface area contributed by atoms with Crippen LogP contribution in [0.15, 0.2) is 61.2 Å². The molecule has 25 heavy (non-hydrogen) atoms. The maximum Gasteiger partial charge on any atom is 0.0959 e. The number of benzene rings is 2. The molecule has 0 radical (unpaired) electrons. The third-order valence-electron chi connectivity index (χ3n) is 5.03. The van der Waals surface area contributed by atoms with Crippen molar-refractivity contribution in [2.45, 2.75) is 25.3 Å². The van der Waals surface area contributed by atoms with Crippen molar-refractivity contribution in [1.82, 2.24) is 19.1 Å². The van der Waals surface area contributed by atoms with Gasteiger partial charge >= 0.3 is 0 Å². The van der Waals surface area contributed by atoms with Crippen molar-refractivity contribution in [1.29, 1.82) is 0 Å². The Morgan fingerprint density at radius 3 is 2.64 bits per heavy atom. The van der Waals surface area contributed by atoms with Gasteiger partial charge in [0.25, 0.3) is 0 Å². The van der Waals surface area contributed by atoms with Gasteiger partial charge in [-0.2, -0.15) is 0 Å². The molecule has 4 aromatic rings. The number of aryl methyl sites for hydroxylation is 1. The van der Waals surface area contributed by atoms with Crippen molar-refractivity contribution in [2.24, 2.45) is 7.05 Å². The minimum atomic E-state index is 0.651. The number of nitrogens with zero attached hydrogens (tertiary/aromatic N) is 4. The van der Waals surface area contributed by atoms with Gasteiger partial charge < -0.3 is 9.13 Å². The lowest BCUT2D eigenvalue weighted by molar-refractivity contribution is 0.743. The van der Waals surface area contributed by atoms with E-state index >= 15 is 0 Å². The van der Waals surface area contributed by atoms with Crippen LogP contribution in [-0.4, -0.2) is 19.1 Å². The number of hydrogen-bond acceptors (Lipinski definition) is 2. The Morgan fingerprint density at radius 1 is 1.00 bits per heavy atom. The molecular weight excluding hydrogens is 308 g/mol. The summed E-state index contributed by atoms with van der Waals surface area (Å²) in [5, 5.41) is 0. The van der Waals surface area contributed by atoms with Gasteiger partial charge in [-0.05, 0) is 30.5 Å². The highest BCUT2D eigenvalue weighted by molar-refractivity contribution is 5.76. The van der Waals surface area contributed by atoms with Crippen LogP contribution in [0.4, 0.5) is 0 Å². The quantitative estimate of drug-likeness (QED) is 0.558. The first-order valence-electron chi connectivity index (χ1n) is 8.80. The van der Waals surface area contributed by atoms with E-state index in [2.05, 4.69) is 62.6 Å². The van der Waals surface area contributed by atoms with Crippen LogP contribution in [0.1, 0.15) is 30.0 Å². The molecule has 0 N–H and O–H groups in total. The Balaban J connectivity index is 1.55. The molecule has 1 fully saturated rings. The highest BCUT2D eigenvalue weighted by Gasteiger charge is 2.30. The number of imidazole rings is 2. The van der Waals surface area contributed by atoms with E-state index in [1.165, 1.54) is 35.2 Å². The number of fused-ring (bicyclic) bond motifs is 1. The van der Waals surface area contributed by atoms with E-state index in [1.54, 1.807) is 0 Å². The van der Waals surface area contributed by atoms with E-state index < -0.39 is 0 Å². The monoisotopic (exact) mass is 328 g/mol. The van der Waals surface area contributed by atoms with Gasteiger partial charge in [-0.1, -0.05) is 36.4 Å². The Labute approximate surface area is 146 Å². The first-order valence-corrected chi connectivity index (χ1v) is 8.80. The van der Waals surface area contributed by atoms with E-state index in [9.17, 15) is 0 Å². The highest BCUT2D eigenvalue weighted by atomic mass is 15.1. The van der Waals surface area contributed by atoms with Gasteiger partial charge in [0.05, 0.1) is 29.4 Å². The Hall–Kier alpha value is -2.88. The average Bonchev–Trinajstić information content (AvgIpc) is 3.31. The Kier molecular flexibility index (Phi) is 3.23. The molecule has 0 atom stereocenters. The molecule has 1 aliphatic rings. The van der Waals surface area contributed by atoms with Crippen LogP contribution < -0.4 is 0 Å². The third kappa shape index (κ3) is 2.54. The molecule has 2 heterocycles. The fraction of sp³-hybridized carbons (Fsp3) is 0.238. The smallest absolute Gasteiger partial charge is 0.0959 e. The summed E-state index contributed by atoms with van der Waals surface area (Å²) in [4.78, 5) is 9.17. The standard InChI is InChI=1S/C21H20N4/c1-24-13-22-18-10-7-15(11-19(18)24)12-25-14-23-20(21(25)17-8-9-17)16-5-3-2-4-6-16/h2-7,10-11,13-14,17H,8-9,12H2,1H3. The maximum absolute atomic E-state index is 4.76. The molecule has 1 aliphatic carbocycles. The normalized spacial score (nSPS) is 14.3. The van der Waals surface area contributed by atoms with E-state index in [4.69, 9.17) is 4.98 Å². The second-order valence-corrected chi connectivity index (χ2v) is 6.93. The third-order valence-corrected chi connectivity index (χ3v) is 5.03. The molecular formula is C21H20N4. The summed E-state index contributed by atoms with van der Waals surface area (Å²) in [5.74, 6) is 0.651. The molecule has 4 heteroatoms. The zero-order valence-corrected chi connectivity index (χ0v) is 14.3. The van der Waals surface area contributed by atoms with Crippen molar-refractivity contribution in [3.63, 3.8) is 0 Å². The van der Waals surface area contributed by atoms with Crippen molar-refractivity contribution in [3.8, 4) is 11.3 Å². The summed E-state index contributed by atoms with van der Waals surface area (Å²) in [5.41, 5.74) is 7.25. The zero-order chi connectivity index (χ0) is 16.8. The van der Waals surface area contributed by atoms with Crippen molar-refractivity contribution < 1.29 is 0 Å². The maximum atomic E-state index is 4.76. The van der Waals surface area contributed by atoms with Crippen LogP contribution in [0.25, 0.3) is 22.3 Å². The van der Waals surface area contributed by atoms with Crippen molar-refractivity contribution in [3.05, 3.63) is 72.4 Å². The summed E-state index contributed by atoms with van der Waals surface area (Å²) in [6.07, 6.45) is 6.41. The molecule has 0 aliphatic heterocycles. The first kappa shape index (κ1) is 14.5. The van der Waals surface area contributed by atoms with Crippen LogP contribution in [0, 0.1) is 0 Å². The van der Waals surface area contributed by atoms with Crippen LogP contribution in [0.2, 0.25) is 0 Å². The predicted molar refractivity (Wildman–Crippen MR) is 99.5 cm³/mol. The molecule has 4 nitrogen and oxygen atoms in total. The molecule has 2 aromatic heterocycles. The molecule has 1 saturated carbocycles. The largest absolute Gasteiger partial charge is 0.334 e. The average molecular weight is 328 g/mol. The topological polar surface area (TPSA) is 35.6 Å². The van der Waals surface area contributed by atoms with E-state index in [-0.39, 0.29) is 0 Å². The van der Waals surface area contributed by atoms with Gasteiger partial charge in [-0.25, -0.2) is 9.97 Å². The van der Waals surface area contributed by atoms with Gasteiger partial charge in [-0.15, -0.1) is 0 Å². The Bertz CT molecular complexity index is 1040. The van der Waals surface area contributed by atoms with Crippen LogP contribution in [0.3, 0.4) is 0 Å². The minimum Gasteiger partial charge on any atom is -0.334 e. The van der Waals surface area contributed by atoms with Gasteiger partial charge in [0.1, 0.15) is 0 Å². The number of rotatable bonds is 4. The summed E-state index contributed by atoms with van der Waals surface area (Å²) >= 11 is 0. The van der Waals surface area contributed by atoms with Crippen LogP contribution >= 0.6 is 0 Å². The molecule has 0 saturated heterocycles. The molecule has 2 aromatic carbocycles. The van der Waals surface area contributed by atoms with Crippen molar-refractivity contribution >= 4 is 11.0 Å². The van der Waals surface area contributed by atoms with Gasteiger partial charge in [0.15, 0.2) is 0 Å². The molecule has 0 spiro atoms. The molecule has 0 unspecified atom stereocenters.